The van der Waals surface area contributed by atoms with Crippen molar-refractivity contribution in [3.8, 4) is 0 Å². The Kier molecular flexibility index (Phi) is 3.37. The summed E-state index contributed by atoms with van der Waals surface area (Å²) in [4.78, 5) is 12.2. The lowest BCUT2D eigenvalue weighted by Crippen LogP contribution is -2.24. The van der Waals surface area contributed by atoms with Crippen molar-refractivity contribution in [1.29, 1.82) is 0 Å². The number of rotatable bonds is 4. The summed E-state index contributed by atoms with van der Waals surface area (Å²) >= 11 is 0. The molecule has 0 radical (unpaired) electrons. The van der Waals surface area contributed by atoms with Crippen LogP contribution in [0.4, 0.5) is 0 Å². The average Bonchev–Trinajstić information content (AvgIpc) is 2.96. The Morgan fingerprint density at radius 1 is 1.29 bits per heavy atom. The standard InChI is InChI=1S/C17H18N2O2/c1-12(15-9-6-10-21-15)18-19-16(20)14-11-17(14,2)13-7-4-3-5-8-13/h3-10,14H,11H2,1-2H3,(H,19,20)/b18-12-/t14-,17+/m0/s1. The highest BCUT2D eigenvalue weighted by atomic mass is 16.3. The van der Waals surface area contributed by atoms with Crippen molar-refractivity contribution < 1.29 is 9.21 Å². The summed E-state index contributed by atoms with van der Waals surface area (Å²) in [5, 5.41) is 4.11. The lowest BCUT2D eigenvalue weighted by Gasteiger charge is -2.10. The fraction of sp³-hybridized carbons (Fsp3) is 0.294. The summed E-state index contributed by atoms with van der Waals surface area (Å²) in [6, 6.07) is 13.8. The molecule has 1 aromatic carbocycles. The maximum Gasteiger partial charge on any atom is 0.244 e. The molecule has 0 unspecified atom stereocenters. The van der Waals surface area contributed by atoms with E-state index in [-0.39, 0.29) is 17.2 Å². The molecule has 1 N–H and O–H groups in total. The van der Waals surface area contributed by atoms with Gasteiger partial charge in [-0.3, -0.25) is 4.79 Å². The van der Waals surface area contributed by atoms with Gasteiger partial charge in [0.05, 0.1) is 12.2 Å². The van der Waals surface area contributed by atoms with Gasteiger partial charge in [-0.25, -0.2) is 5.43 Å². The first kappa shape index (κ1) is 13.6. The van der Waals surface area contributed by atoms with Crippen LogP contribution in [-0.2, 0) is 10.2 Å². The zero-order valence-corrected chi connectivity index (χ0v) is 12.2. The highest BCUT2D eigenvalue weighted by molar-refractivity contribution is 5.97. The van der Waals surface area contributed by atoms with E-state index < -0.39 is 0 Å². The topological polar surface area (TPSA) is 54.6 Å². The summed E-state index contributed by atoms with van der Waals surface area (Å²) < 4.78 is 5.23. The number of hydrogen-bond donors (Lipinski definition) is 1. The van der Waals surface area contributed by atoms with Crippen molar-refractivity contribution >= 4 is 11.6 Å². The van der Waals surface area contributed by atoms with Gasteiger partial charge in [0.15, 0.2) is 0 Å². The average molecular weight is 282 g/mol. The summed E-state index contributed by atoms with van der Waals surface area (Å²) in [6.07, 6.45) is 2.45. The SMILES string of the molecule is C/C(=N/NC(=O)[C@@H]1C[C@]1(C)c1ccccc1)c1ccco1. The molecule has 2 atom stereocenters. The van der Waals surface area contributed by atoms with Gasteiger partial charge in [-0.2, -0.15) is 5.10 Å². The molecular formula is C17H18N2O2. The van der Waals surface area contributed by atoms with Gasteiger partial charge in [-0.05, 0) is 31.0 Å². The second-order valence-corrected chi connectivity index (χ2v) is 5.69. The Bertz CT molecular complexity index is 661. The Hall–Kier alpha value is -2.36. The number of furan rings is 1. The zero-order chi connectivity index (χ0) is 14.9. The largest absolute Gasteiger partial charge is 0.463 e. The number of hydrogen-bond acceptors (Lipinski definition) is 3. The monoisotopic (exact) mass is 282 g/mol. The number of benzene rings is 1. The molecule has 1 heterocycles. The first-order valence-corrected chi connectivity index (χ1v) is 7.05. The Labute approximate surface area is 123 Å². The highest BCUT2D eigenvalue weighted by Crippen LogP contribution is 2.53. The normalized spacial score (nSPS) is 24.7. The quantitative estimate of drug-likeness (QED) is 0.692. The molecule has 3 rings (SSSR count). The van der Waals surface area contributed by atoms with Crippen LogP contribution >= 0.6 is 0 Å². The summed E-state index contributed by atoms with van der Waals surface area (Å²) in [7, 11) is 0. The van der Waals surface area contributed by atoms with E-state index >= 15 is 0 Å². The molecule has 4 heteroatoms. The molecule has 1 aliphatic rings. The molecule has 2 aromatic rings. The number of carbonyl (C=O) groups is 1. The predicted molar refractivity (Wildman–Crippen MR) is 81.0 cm³/mol. The van der Waals surface area contributed by atoms with E-state index in [1.807, 2.05) is 31.2 Å². The molecule has 1 fully saturated rings. The van der Waals surface area contributed by atoms with Gasteiger partial charge in [0.25, 0.3) is 0 Å². The zero-order valence-electron chi connectivity index (χ0n) is 12.2. The molecule has 1 aliphatic carbocycles. The third-order valence-corrected chi connectivity index (χ3v) is 4.20. The van der Waals surface area contributed by atoms with E-state index in [1.54, 1.807) is 12.3 Å². The van der Waals surface area contributed by atoms with Crippen LogP contribution in [0.1, 0.15) is 31.6 Å². The first-order valence-electron chi connectivity index (χ1n) is 7.05. The number of nitrogens with zero attached hydrogens (tertiary/aromatic N) is 1. The van der Waals surface area contributed by atoms with Crippen molar-refractivity contribution in [2.24, 2.45) is 11.0 Å². The van der Waals surface area contributed by atoms with Crippen LogP contribution in [0, 0.1) is 5.92 Å². The van der Waals surface area contributed by atoms with Crippen LogP contribution in [0.5, 0.6) is 0 Å². The number of carbonyl (C=O) groups excluding carboxylic acids is 1. The molecular weight excluding hydrogens is 264 g/mol. The van der Waals surface area contributed by atoms with Gasteiger partial charge < -0.3 is 4.42 Å². The van der Waals surface area contributed by atoms with Crippen LogP contribution in [-0.4, -0.2) is 11.6 Å². The molecule has 0 saturated heterocycles. The summed E-state index contributed by atoms with van der Waals surface area (Å²) in [6.45, 7) is 3.93. The molecule has 108 valence electrons. The van der Waals surface area contributed by atoms with E-state index in [0.29, 0.717) is 11.5 Å². The van der Waals surface area contributed by atoms with Crippen molar-refractivity contribution in [1.82, 2.24) is 5.43 Å². The van der Waals surface area contributed by atoms with Gasteiger partial charge >= 0.3 is 0 Å². The van der Waals surface area contributed by atoms with Crippen molar-refractivity contribution in [2.45, 2.75) is 25.7 Å². The van der Waals surface area contributed by atoms with Crippen LogP contribution in [0.15, 0.2) is 58.2 Å². The lowest BCUT2D eigenvalue weighted by molar-refractivity contribution is -0.122. The Morgan fingerprint density at radius 2 is 2.05 bits per heavy atom. The molecule has 21 heavy (non-hydrogen) atoms. The van der Waals surface area contributed by atoms with Gasteiger partial charge in [0, 0.05) is 5.41 Å². The van der Waals surface area contributed by atoms with Gasteiger partial charge in [-0.1, -0.05) is 37.3 Å². The van der Waals surface area contributed by atoms with Crippen molar-refractivity contribution in [3.05, 3.63) is 60.1 Å². The predicted octanol–water partition coefficient (Wildman–Crippen LogP) is 3.10. The van der Waals surface area contributed by atoms with Crippen molar-refractivity contribution in [2.75, 3.05) is 0 Å². The summed E-state index contributed by atoms with van der Waals surface area (Å²) in [5.74, 6) is 0.609. The van der Waals surface area contributed by atoms with Crippen LogP contribution in [0.2, 0.25) is 0 Å². The highest BCUT2D eigenvalue weighted by Gasteiger charge is 2.55. The first-order chi connectivity index (χ1) is 10.1. The van der Waals surface area contributed by atoms with Crippen LogP contribution < -0.4 is 5.43 Å². The summed E-state index contributed by atoms with van der Waals surface area (Å²) in [5.41, 5.74) is 4.44. The maximum absolute atomic E-state index is 12.2. The number of nitrogens with one attached hydrogen (secondary N) is 1. The fourth-order valence-electron chi connectivity index (χ4n) is 2.64. The Morgan fingerprint density at radius 3 is 2.71 bits per heavy atom. The molecule has 0 spiro atoms. The second kappa shape index (κ2) is 5.20. The second-order valence-electron chi connectivity index (χ2n) is 5.69. The molecule has 0 aliphatic heterocycles. The third-order valence-electron chi connectivity index (χ3n) is 4.20. The fourth-order valence-corrected chi connectivity index (χ4v) is 2.64. The number of hydrazone groups is 1. The van der Waals surface area contributed by atoms with E-state index in [0.717, 1.165) is 6.42 Å². The number of amides is 1. The van der Waals surface area contributed by atoms with E-state index in [9.17, 15) is 4.79 Å². The Balaban J connectivity index is 1.65. The molecule has 1 saturated carbocycles. The minimum absolute atomic E-state index is 0.0203. The minimum atomic E-state index is -0.0700. The van der Waals surface area contributed by atoms with E-state index in [4.69, 9.17) is 4.42 Å². The maximum atomic E-state index is 12.2. The smallest absolute Gasteiger partial charge is 0.244 e. The van der Waals surface area contributed by atoms with E-state index in [1.165, 1.54) is 5.56 Å². The van der Waals surface area contributed by atoms with Gasteiger partial charge in [-0.15, -0.1) is 0 Å². The third kappa shape index (κ3) is 2.61. The lowest BCUT2D eigenvalue weighted by atomic mass is 9.95. The molecule has 4 nitrogen and oxygen atoms in total. The molecule has 0 bridgehead atoms. The molecule has 1 aromatic heterocycles. The van der Waals surface area contributed by atoms with Crippen LogP contribution in [0.3, 0.4) is 0 Å². The van der Waals surface area contributed by atoms with Gasteiger partial charge in [0.2, 0.25) is 5.91 Å². The van der Waals surface area contributed by atoms with Crippen molar-refractivity contribution in [3.63, 3.8) is 0 Å². The van der Waals surface area contributed by atoms with E-state index in [2.05, 4.69) is 29.6 Å². The van der Waals surface area contributed by atoms with Crippen LogP contribution in [0.25, 0.3) is 0 Å². The minimum Gasteiger partial charge on any atom is -0.463 e. The van der Waals surface area contributed by atoms with Gasteiger partial charge in [0.1, 0.15) is 11.5 Å². The molecule has 1 amide bonds.